The van der Waals surface area contributed by atoms with Crippen LogP contribution in [0.15, 0.2) is 0 Å². The minimum atomic E-state index is 0.110. The molecule has 1 rings (SSSR count). The van der Waals surface area contributed by atoms with Gasteiger partial charge in [-0.3, -0.25) is 4.79 Å². The summed E-state index contributed by atoms with van der Waals surface area (Å²) in [6.07, 6.45) is 3.22. The molecule has 1 atom stereocenters. The van der Waals surface area contributed by atoms with Crippen molar-refractivity contribution >= 4 is 5.91 Å². The van der Waals surface area contributed by atoms with Gasteiger partial charge < -0.3 is 15.1 Å². The molecule has 1 heterocycles. The second-order valence-corrected chi connectivity index (χ2v) is 3.88. The Morgan fingerprint density at radius 1 is 1.29 bits per heavy atom. The topological polar surface area (TPSA) is 60.8 Å². The number of amides is 1. The molecule has 0 radical (unpaired) electrons. The van der Waals surface area contributed by atoms with E-state index in [1.807, 2.05) is 4.90 Å². The number of nitrogens with zero attached hydrogens (tertiary/aromatic N) is 1. The summed E-state index contributed by atoms with van der Waals surface area (Å²) in [5, 5.41) is 17.5. The summed E-state index contributed by atoms with van der Waals surface area (Å²) in [6.45, 7) is 1.82. The highest BCUT2D eigenvalue weighted by atomic mass is 16.3. The molecule has 1 unspecified atom stereocenters. The number of unbranched alkanes of at least 4 members (excludes halogenated alkanes) is 2. The fraction of sp³-hybridized carbons (Fsp3) is 0.900. The van der Waals surface area contributed by atoms with Crippen LogP contribution in [0.4, 0.5) is 0 Å². The molecular weight excluding hydrogens is 182 g/mol. The zero-order valence-electron chi connectivity index (χ0n) is 8.48. The number of aliphatic hydroxyl groups is 2. The largest absolute Gasteiger partial charge is 0.396 e. The standard InChI is InChI=1S/C10H19NO3/c12-5-3-1-2-4-11-7-9(8-13)6-10(11)14/h9,12-13H,1-8H2. The van der Waals surface area contributed by atoms with E-state index in [-0.39, 0.29) is 25.0 Å². The van der Waals surface area contributed by atoms with Gasteiger partial charge in [0.2, 0.25) is 5.91 Å². The molecular formula is C10H19NO3. The van der Waals surface area contributed by atoms with E-state index in [2.05, 4.69) is 0 Å². The monoisotopic (exact) mass is 201 g/mol. The Morgan fingerprint density at radius 3 is 2.64 bits per heavy atom. The fourth-order valence-corrected chi connectivity index (χ4v) is 1.78. The molecule has 1 aliphatic rings. The van der Waals surface area contributed by atoms with Crippen LogP contribution in [0, 0.1) is 5.92 Å². The summed E-state index contributed by atoms with van der Waals surface area (Å²) in [4.78, 5) is 13.2. The Kier molecular flexibility index (Phi) is 4.90. The first-order valence-electron chi connectivity index (χ1n) is 5.27. The Labute approximate surface area is 84.5 Å². The number of likely N-dealkylation sites (tertiary alicyclic amines) is 1. The first-order chi connectivity index (χ1) is 6.77. The van der Waals surface area contributed by atoms with Crippen LogP contribution in [0.5, 0.6) is 0 Å². The van der Waals surface area contributed by atoms with Gasteiger partial charge in [0.05, 0.1) is 0 Å². The molecule has 4 nitrogen and oxygen atoms in total. The van der Waals surface area contributed by atoms with Crippen LogP contribution in [0.1, 0.15) is 25.7 Å². The van der Waals surface area contributed by atoms with Crippen molar-refractivity contribution in [3.05, 3.63) is 0 Å². The van der Waals surface area contributed by atoms with E-state index in [4.69, 9.17) is 10.2 Å². The van der Waals surface area contributed by atoms with Gasteiger partial charge >= 0.3 is 0 Å². The number of carbonyl (C=O) groups excluding carboxylic acids is 1. The molecule has 0 aromatic carbocycles. The van der Waals surface area contributed by atoms with Crippen molar-refractivity contribution in [3.8, 4) is 0 Å². The first kappa shape index (κ1) is 11.5. The average molecular weight is 201 g/mol. The van der Waals surface area contributed by atoms with Crippen LogP contribution in [0.2, 0.25) is 0 Å². The van der Waals surface area contributed by atoms with Gasteiger partial charge in [0.15, 0.2) is 0 Å². The summed E-state index contributed by atoms with van der Waals surface area (Å²) < 4.78 is 0. The van der Waals surface area contributed by atoms with Gasteiger partial charge in [0.25, 0.3) is 0 Å². The fourth-order valence-electron chi connectivity index (χ4n) is 1.78. The van der Waals surface area contributed by atoms with Crippen molar-refractivity contribution in [3.63, 3.8) is 0 Å². The van der Waals surface area contributed by atoms with Crippen LogP contribution in [0.3, 0.4) is 0 Å². The Bertz CT molecular complexity index is 184. The zero-order valence-corrected chi connectivity index (χ0v) is 8.48. The maximum atomic E-state index is 11.4. The van der Waals surface area contributed by atoms with Crippen molar-refractivity contribution in [2.24, 2.45) is 5.92 Å². The summed E-state index contributed by atoms with van der Waals surface area (Å²) in [6, 6.07) is 0. The summed E-state index contributed by atoms with van der Waals surface area (Å²) in [7, 11) is 0. The number of hydrogen-bond acceptors (Lipinski definition) is 3. The van der Waals surface area contributed by atoms with Gasteiger partial charge in [-0.1, -0.05) is 0 Å². The van der Waals surface area contributed by atoms with Crippen LogP contribution >= 0.6 is 0 Å². The van der Waals surface area contributed by atoms with E-state index in [0.717, 1.165) is 25.8 Å². The van der Waals surface area contributed by atoms with Crippen LogP contribution < -0.4 is 0 Å². The molecule has 0 aromatic heterocycles. The third kappa shape index (κ3) is 3.27. The zero-order chi connectivity index (χ0) is 10.4. The molecule has 0 saturated carbocycles. The molecule has 0 aromatic rings. The van der Waals surface area contributed by atoms with Gasteiger partial charge in [-0.05, 0) is 19.3 Å². The number of carbonyl (C=O) groups is 1. The first-order valence-corrected chi connectivity index (χ1v) is 5.27. The maximum absolute atomic E-state index is 11.4. The molecule has 1 amide bonds. The van der Waals surface area contributed by atoms with Gasteiger partial charge in [0.1, 0.15) is 0 Å². The van der Waals surface area contributed by atoms with Gasteiger partial charge in [-0.15, -0.1) is 0 Å². The van der Waals surface area contributed by atoms with Gasteiger partial charge in [-0.2, -0.15) is 0 Å². The molecule has 0 spiro atoms. The lowest BCUT2D eigenvalue weighted by Crippen LogP contribution is -2.26. The Hall–Kier alpha value is -0.610. The molecule has 82 valence electrons. The highest BCUT2D eigenvalue weighted by Gasteiger charge is 2.28. The number of rotatable bonds is 6. The SMILES string of the molecule is O=C1CC(CO)CN1CCCCCO. The number of hydrogen-bond donors (Lipinski definition) is 2. The molecule has 1 fully saturated rings. The highest BCUT2D eigenvalue weighted by molar-refractivity contribution is 5.78. The Balaban J connectivity index is 2.15. The van der Waals surface area contributed by atoms with Crippen LogP contribution in [0.25, 0.3) is 0 Å². The van der Waals surface area contributed by atoms with E-state index in [1.165, 1.54) is 0 Å². The maximum Gasteiger partial charge on any atom is 0.223 e. The van der Waals surface area contributed by atoms with E-state index in [9.17, 15) is 4.79 Å². The lowest BCUT2D eigenvalue weighted by Gasteiger charge is -2.15. The molecule has 14 heavy (non-hydrogen) atoms. The van der Waals surface area contributed by atoms with Crippen LogP contribution in [-0.2, 0) is 4.79 Å². The minimum absolute atomic E-state index is 0.110. The highest BCUT2D eigenvalue weighted by Crippen LogP contribution is 2.17. The third-order valence-electron chi connectivity index (χ3n) is 2.64. The minimum Gasteiger partial charge on any atom is -0.396 e. The predicted octanol–water partition coefficient (Wildman–Crippen LogP) is -0.0102. The molecule has 2 N–H and O–H groups in total. The lowest BCUT2D eigenvalue weighted by molar-refractivity contribution is -0.127. The van der Waals surface area contributed by atoms with Crippen molar-refractivity contribution in [1.82, 2.24) is 4.90 Å². The molecule has 1 aliphatic heterocycles. The molecule has 0 aliphatic carbocycles. The Morgan fingerprint density at radius 2 is 2.07 bits per heavy atom. The van der Waals surface area contributed by atoms with E-state index >= 15 is 0 Å². The normalized spacial score (nSPS) is 22.0. The van der Waals surface area contributed by atoms with E-state index < -0.39 is 0 Å². The predicted molar refractivity (Wildman–Crippen MR) is 52.7 cm³/mol. The molecule has 1 saturated heterocycles. The lowest BCUT2D eigenvalue weighted by atomic mass is 10.1. The van der Waals surface area contributed by atoms with Gasteiger partial charge in [-0.25, -0.2) is 0 Å². The van der Waals surface area contributed by atoms with E-state index in [0.29, 0.717) is 13.0 Å². The number of aliphatic hydroxyl groups excluding tert-OH is 2. The quantitative estimate of drug-likeness (QED) is 0.594. The van der Waals surface area contributed by atoms with Crippen molar-refractivity contribution < 1.29 is 15.0 Å². The smallest absolute Gasteiger partial charge is 0.223 e. The van der Waals surface area contributed by atoms with E-state index in [1.54, 1.807) is 0 Å². The van der Waals surface area contributed by atoms with Crippen molar-refractivity contribution in [1.29, 1.82) is 0 Å². The summed E-state index contributed by atoms with van der Waals surface area (Å²) in [5.74, 6) is 0.299. The summed E-state index contributed by atoms with van der Waals surface area (Å²) in [5.41, 5.74) is 0. The van der Waals surface area contributed by atoms with Crippen LogP contribution in [-0.4, -0.2) is 47.3 Å². The van der Waals surface area contributed by atoms with Crippen molar-refractivity contribution in [2.45, 2.75) is 25.7 Å². The average Bonchev–Trinajstić information content (AvgIpc) is 2.54. The summed E-state index contributed by atoms with van der Waals surface area (Å²) >= 11 is 0. The molecule has 4 heteroatoms. The molecule has 0 bridgehead atoms. The second-order valence-electron chi connectivity index (χ2n) is 3.88. The third-order valence-corrected chi connectivity index (χ3v) is 2.64. The second kappa shape index (κ2) is 5.98. The van der Waals surface area contributed by atoms with Crippen molar-refractivity contribution in [2.75, 3.05) is 26.3 Å². The van der Waals surface area contributed by atoms with Gasteiger partial charge in [0, 0.05) is 38.6 Å².